The number of ether oxygens (including phenoxy) is 2. The third-order valence-electron chi connectivity index (χ3n) is 6.74. The Morgan fingerprint density at radius 1 is 0.914 bits per heavy atom. The van der Waals surface area contributed by atoms with Gasteiger partial charge in [-0.3, -0.25) is 4.90 Å². The lowest BCUT2D eigenvalue weighted by molar-refractivity contribution is -0.0837. The van der Waals surface area contributed by atoms with Gasteiger partial charge in [0.25, 0.3) is 0 Å². The van der Waals surface area contributed by atoms with Crippen molar-refractivity contribution in [3.8, 4) is 0 Å². The summed E-state index contributed by atoms with van der Waals surface area (Å²) in [5.74, 6) is 0. The Balaban J connectivity index is 1.55. The van der Waals surface area contributed by atoms with Crippen molar-refractivity contribution in [1.82, 2.24) is 4.90 Å². The Labute approximate surface area is 209 Å². The van der Waals surface area contributed by atoms with Gasteiger partial charge < -0.3 is 9.47 Å². The number of nitrogens with zero attached hydrogens (tertiary/aromatic N) is 2. The minimum absolute atomic E-state index is 0.117. The van der Waals surface area contributed by atoms with E-state index in [0.717, 1.165) is 30.5 Å². The van der Waals surface area contributed by atoms with Gasteiger partial charge in [0.1, 0.15) is 0 Å². The molecule has 4 rings (SSSR count). The van der Waals surface area contributed by atoms with E-state index in [4.69, 9.17) is 16.0 Å². The first-order valence-electron chi connectivity index (χ1n) is 12.4. The molecule has 0 spiro atoms. The molecule has 0 unspecified atom stereocenters. The summed E-state index contributed by atoms with van der Waals surface area (Å²) in [6, 6.07) is 31.6. The van der Waals surface area contributed by atoms with Crippen LogP contribution in [0.5, 0.6) is 0 Å². The van der Waals surface area contributed by atoms with Crippen molar-refractivity contribution in [1.29, 1.82) is 0 Å². The van der Waals surface area contributed by atoms with E-state index in [9.17, 15) is 0 Å². The third-order valence-corrected chi connectivity index (χ3v) is 6.74. The second-order valence-corrected chi connectivity index (χ2v) is 9.10. The Morgan fingerprint density at radius 2 is 1.51 bits per heavy atom. The number of likely N-dealkylation sites (tertiary alicyclic amines) is 1. The average molecular weight is 467 g/mol. The highest BCUT2D eigenvalue weighted by atomic mass is 16.5. The molecule has 180 valence electrons. The molecule has 0 aliphatic carbocycles. The topological polar surface area (TPSA) is 26.1 Å². The maximum Gasteiger partial charge on any atom is 0.153 e. The van der Waals surface area contributed by atoms with Crippen LogP contribution in [0.3, 0.4) is 0 Å². The first kappa shape index (κ1) is 24.9. The zero-order valence-electron chi connectivity index (χ0n) is 20.4. The van der Waals surface area contributed by atoms with Gasteiger partial charge >= 0.3 is 0 Å². The van der Waals surface area contributed by atoms with Crippen molar-refractivity contribution in [3.05, 3.63) is 131 Å². The third kappa shape index (κ3) is 7.13. The van der Waals surface area contributed by atoms with E-state index in [1.807, 2.05) is 36.4 Å². The van der Waals surface area contributed by atoms with E-state index in [-0.39, 0.29) is 18.2 Å². The van der Waals surface area contributed by atoms with Gasteiger partial charge in [0.05, 0.1) is 32.5 Å². The van der Waals surface area contributed by atoms with Gasteiger partial charge in [0.15, 0.2) is 6.20 Å². The molecule has 0 bridgehead atoms. The molecule has 1 aliphatic heterocycles. The molecular formula is C31H34N2O2. The molecule has 3 aromatic carbocycles. The molecule has 35 heavy (non-hydrogen) atoms. The zero-order chi connectivity index (χ0) is 24.3. The SMILES string of the molecule is [C-]#[N+]/C=C1\CCN([C@@H](C)c2ccccc2)[C@@H]([C@@H](COCc2ccccc2)OCc2ccccc2)C1. The lowest BCUT2D eigenvalue weighted by Gasteiger charge is -2.44. The molecule has 1 heterocycles. The molecule has 4 nitrogen and oxygen atoms in total. The monoisotopic (exact) mass is 466 g/mol. The van der Waals surface area contributed by atoms with E-state index in [1.54, 1.807) is 6.20 Å². The number of piperidine rings is 1. The van der Waals surface area contributed by atoms with Crippen LogP contribution >= 0.6 is 0 Å². The highest BCUT2D eigenvalue weighted by molar-refractivity contribution is 5.21. The van der Waals surface area contributed by atoms with Gasteiger partial charge in [0, 0.05) is 18.6 Å². The summed E-state index contributed by atoms with van der Waals surface area (Å²) in [4.78, 5) is 6.11. The van der Waals surface area contributed by atoms with Gasteiger partial charge in [-0.05, 0) is 36.5 Å². The molecule has 1 aliphatic rings. The van der Waals surface area contributed by atoms with Gasteiger partial charge in [-0.15, -0.1) is 0 Å². The van der Waals surface area contributed by atoms with Crippen LogP contribution in [0, 0.1) is 6.57 Å². The Bertz CT molecular complexity index is 1090. The smallest absolute Gasteiger partial charge is 0.153 e. The Hall–Kier alpha value is -3.23. The number of hydrogen-bond acceptors (Lipinski definition) is 3. The van der Waals surface area contributed by atoms with E-state index in [1.165, 1.54) is 11.1 Å². The maximum atomic E-state index is 7.36. The molecule has 3 atom stereocenters. The fourth-order valence-electron chi connectivity index (χ4n) is 4.80. The highest BCUT2D eigenvalue weighted by Gasteiger charge is 2.35. The van der Waals surface area contributed by atoms with E-state index >= 15 is 0 Å². The molecule has 1 saturated heterocycles. The summed E-state index contributed by atoms with van der Waals surface area (Å²) in [6.45, 7) is 12.1. The van der Waals surface area contributed by atoms with Crippen molar-refractivity contribution in [2.45, 2.75) is 51.2 Å². The van der Waals surface area contributed by atoms with E-state index < -0.39 is 0 Å². The molecule has 4 heteroatoms. The predicted molar refractivity (Wildman–Crippen MR) is 140 cm³/mol. The van der Waals surface area contributed by atoms with Crippen LogP contribution < -0.4 is 0 Å². The molecule has 1 fully saturated rings. The van der Waals surface area contributed by atoms with Gasteiger partial charge in [-0.2, -0.15) is 0 Å². The largest absolute Gasteiger partial charge is 0.374 e. The van der Waals surface area contributed by atoms with Crippen molar-refractivity contribution in [2.75, 3.05) is 13.2 Å². The quantitative estimate of drug-likeness (QED) is 0.307. The predicted octanol–water partition coefficient (Wildman–Crippen LogP) is 6.82. The lowest BCUT2D eigenvalue weighted by atomic mass is 9.90. The van der Waals surface area contributed by atoms with Crippen LogP contribution in [0.15, 0.2) is 103 Å². The summed E-state index contributed by atoms with van der Waals surface area (Å²) in [5, 5.41) is 0. The zero-order valence-corrected chi connectivity index (χ0v) is 20.4. The van der Waals surface area contributed by atoms with E-state index in [2.05, 4.69) is 71.3 Å². The van der Waals surface area contributed by atoms with Crippen molar-refractivity contribution in [2.24, 2.45) is 0 Å². The normalized spacial score (nSPS) is 19.2. The Morgan fingerprint density at radius 3 is 2.14 bits per heavy atom. The standard InChI is InChI=1S/C31H34N2O2/c1-25(29-16-10-5-11-17-29)33-19-18-28(21-32-2)20-30(33)31(35-23-27-14-8-4-9-15-27)24-34-22-26-12-6-3-7-13-26/h3-17,21,25,30-31H,18-20,22-24H2,1H3/b28-21+/t25-,30+,31+/m0/s1. The van der Waals surface area contributed by atoms with Crippen molar-refractivity contribution < 1.29 is 9.47 Å². The molecule has 0 aromatic heterocycles. The Kier molecular flexibility index (Phi) is 9.25. The summed E-state index contributed by atoms with van der Waals surface area (Å²) < 4.78 is 12.8. The number of benzene rings is 3. The summed E-state index contributed by atoms with van der Waals surface area (Å²) >= 11 is 0. The van der Waals surface area contributed by atoms with Crippen LogP contribution in [0.4, 0.5) is 0 Å². The average Bonchev–Trinajstić information content (AvgIpc) is 2.92. The van der Waals surface area contributed by atoms with Crippen LogP contribution in [0.1, 0.15) is 42.5 Å². The minimum Gasteiger partial charge on any atom is -0.374 e. The highest BCUT2D eigenvalue weighted by Crippen LogP contribution is 2.33. The summed E-state index contributed by atoms with van der Waals surface area (Å²) in [7, 11) is 0. The number of hydrogen-bond donors (Lipinski definition) is 0. The van der Waals surface area contributed by atoms with Crippen LogP contribution in [0.25, 0.3) is 4.85 Å². The first-order chi connectivity index (χ1) is 17.2. The molecule has 0 N–H and O–H groups in total. The second kappa shape index (κ2) is 13.0. The van der Waals surface area contributed by atoms with Crippen LogP contribution in [-0.2, 0) is 22.7 Å². The van der Waals surface area contributed by atoms with Gasteiger partial charge in [-0.25, -0.2) is 4.85 Å². The molecule has 0 radical (unpaired) electrons. The van der Waals surface area contributed by atoms with Gasteiger partial charge in [0.2, 0.25) is 0 Å². The fourth-order valence-corrected chi connectivity index (χ4v) is 4.80. The van der Waals surface area contributed by atoms with Crippen LogP contribution in [-0.4, -0.2) is 30.2 Å². The fraction of sp³-hybridized carbons (Fsp3) is 0.323. The molecule has 3 aromatic rings. The van der Waals surface area contributed by atoms with Crippen molar-refractivity contribution in [3.63, 3.8) is 0 Å². The molecular weight excluding hydrogens is 432 g/mol. The molecule has 0 saturated carbocycles. The maximum absolute atomic E-state index is 7.36. The van der Waals surface area contributed by atoms with Crippen molar-refractivity contribution >= 4 is 0 Å². The summed E-state index contributed by atoms with van der Waals surface area (Å²) in [6.07, 6.45) is 3.30. The van der Waals surface area contributed by atoms with Crippen LogP contribution in [0.2, 0.25) is 0 Å². The van der Waals surface area contributed by atoms with E-state index in [0.29, 0.717) is 19.8 Å². The molecule has 0 amide bonds. The lowest BCUT2D eigenvalue weighted by Crippen LogP contribution is -2.50. The number of rotatable bonds is 10. The first-order valence-corrected chi connectivity index (χ1v) is 12.4. The minimum atomic E-state index is -0.125. The summed E-state index contributed by atoms with van der Waals surface area (Å²) in [5.41, 5.74) is 4.79. The van der Waals surface area contributed by atoms with Gasteiger partial charge in [-0.1, -0.05) is 96.6 Å². The second-order valence-electron chi connectivity index (χ2n) is 9.10.